The fraction of sp³-hybridized carbons (Fsp3) is 0.467. The van der Waals surface area contributed by atoms with E-state index in [-0.39, 0.29) is 0 Å². The van der Waals surface area contributed by atoms with Gasteiger partial charge >= 0.3 is 0 Å². The quantitative estimate of drug-likeness (QED) is 0.757. The average Bonchev–Trinajstić information content (AvgIpc) is 2.86. The van der Waals surface area contributed by atoms with E-state index in [1.165, 1.54) is 11.3 Å². The topological polar surface area (TPSA) is 58.4 Å². The molecule has 0 atom stereocenters. The van der Waals surface area contributed by atoms with Crippen molar-refractivity contribution < 1.29 is 8.42 Å². The van der Waals surface area contributed by atoms with Gasteiger partial charge in [0, 0.05) is 26.2 Å². The smallest absolute Gasteiger partial charge is 0.243 e. The first kappa shape index (κ1) is 17.7. The molecule has 0 unspecified atom stereocenters. The summed E-state index contributed by atoms with van der Waals surface area (Å²) in [5.41, 5.74) is 1.05. The summed E-state index contributed by atoms with van der Waals surface area (Å²) >= 11 is 6.78. The summed E-state index contributed by atoms with van der Waals surface area (Å²) in [6, 6.07) is 7.01. The van der Waals surface area contributed by atoms with E-state index in [0.29, 0.717) is 37.7 Å². The van der Waals surface area contributed by atoms with Crippen molar-refractivity contribution in [2.45, 2.75) is 25.4 Å². The molecule has 0 saturated carbocycles. The van der Waals surface area contributed by atoms with Crippen LogP contribution in [0.4, 0.5) is 0 Å². The number of nitrogens with zero attached hydrogens (tertiary/aromatic N) is 4. The van der Waals surface area contributed by atoms with Crippen molar-refractivity contribution in [3.63, 3.8) is 0 Å². The van der Waals surface area contributed by atoms with Gasteiger partial charge in [-0.1, -0.05) is 29.0 Å². The number of hydrogen-bond acceptors (Lipinski definition) is 6. The van der Waals surface area contributed by atoms with E-state index < -0.39 is 10.0 Å². The van der Waals surface area contributed by atoms with E-state index in [0.717, 1.165) is 14.5 Å². The predicted octanol–water partition coefficient (Wildman–Crippen LogP) is 2.25. The molecule has 130 valence electrons. The Labute approximate surface area is 151 Å². The Balaban J connectivity index is 1.65. The normalized spacial score (nSPS) is 17.2. The van der Waals surface area contributed by atoms with Crippen LogP contribution in [0.3, 0.4) is 0 Å². The minimum Gasteiger partial charge on any atom is -0.282 e. The van der Waals surface area contributed by atoms with Gasteiger partial charge in [0.15, 0.2) is 3.95 Å². The Morgan fingerprint density at radius 2 is 1.75 bits per heavy atom. The zero-order chi connectivity index (χ0) is 17.3. The van der Waals surface area contributed by atoms with Crippen LogP contribution in [0, 0.1) is 17.8 Å². The first-order chi connectivity index (χ1) is 11.4. The molecule has 0 radical (unpaired) electrons. The van der Waals surface area contributed by atoms with Crippen molar-refractivity contribution in [1.29, 1.82) is 0 Å². The van der Waals surface area contributed by atoms with Gasteiger partial charge in [0.1, 0.15) is 5.01 Å². The molecule has 3 rings (SSSR count). The molecule has 1 aromatic carbocycles. The molecule has 9 heteroatoms. The minimum absolute atomic E-state index is 0.360. The monoisotopic (exact) mass is 384 g/mol. The highest BCUT2D eigenvalue weighted by atomic mass is 32.2. The summed E-state index contributed by atoms with van der Waals surface area (Å²) in [6.07, 6.45) is 0. The maximum atomic E-state index is 12.7. The van der Waals surface area contributed by atoms with E-state index in [9.17, 15) is 8.42 Å². The highest BCUT2D eigenvalue weighted by Gasteiger charge is 2.28. The molecule has 0 amide bonds. The molecule has 0 N–H and O–H groups in total. The molecule has 2 heterocycles. The lowest BCUT2D eigenvalue weighted by Gasteiger charge is -2.33. The van der Waals surface area contributed by atoms with Crippen LogP contribution in [0.25, 0.3) is 0 Å². The van der Waals surface area contributed by atoms with Crippen LogP contribution >= 0.6 is 23.6 Å². The lowest BCUT2D eigenvalue weighted by molar-refractivity contribution is 0.145. The standard InChI is InChI=1S/C15H20N4O2S3/c1-12-3-5-14(6-4-12)24(20,21)18-9-7-17(8-10-18)11-19-15(22)23-13(2)16-19/h3-6H,7-11H2,1-2H3. The molecule has 24 heavy (non-hydrogen) atoms. The molecule has 1 aliphatic rings. The van der Waals surface area contributed by atoms with E-state index in [2.05, 4.69) is 10.00 Å². The van der Waals surface area contributed by atoms with E-state index >= 15 is 0 Å². The molecule has 1 saturated heterocycles. The molecule has 1 fully saturated rings. The Morgan fingerprint density at radius 1 is 1.12 bits per heavy atom. The molecule has 1 aliphatic heterocycles. The van der Waals surface area contributed by atoms with E-state index in [4.69, 9.17) is 12.2 Å². The van der Waals surface area contributed by atoms with Crippen LogP contribution in [0.1, 0.15) is 10.6 Å². The lowest BCUT2D eigenvalue weighted by atomic mass is 10.2. The number of aromatic nitrogens is 2. The molecule has 2 aromatic rings. The zero-order valence-electron chi connectivity index (χ0n) is 13.7. The summed E-state index contributed by atoms with van der Waals surface area (Å²) < 4.78 is 29.5. The van der Waals surface area contributed by atoms with Crippen molar-refractivity contribution in [2.24, 2.45) is 0 Å². The van der Waals surface area contributed by atoms with Gasteiger partial charge < -0.3 is 0 Å². The maximum Gasteiger partial charge on any atom is 0.243 e. The summed E-state index contributed by atoms with van der Waals surface area (Å²) in [5.74, 6) is 0. The summed E-state index contributed by atoms with van der Waals surface area (Å²) in [4.78, 5) is 2.54. The van der Waals surface area contributed by atoms with Gasteiger partial charge in [-0.3, -0.25) is 4.90 Å². The zero-order valence-corrected chi connectivity index (χ0v) is 16.1. The van der Waals surface area contributed by atoms with Crippen molar-refractivity contribution in [3.8, 4) is 0 Å². The van der Waals surface area contributed by atoms with Gasteiger partial charge in [0.25, 0.3) is 0 Å². The highest BCUT2D eigenvalue weighted by Crippen LogP contribution is 2.18. The van der Waals surface area contributed by atoms with Gasteiger partial charge in [-0.15, -0.1) is 0 Å². The Bertz CT molecular complexity index is 863. The third-order valence-corrected chi connectivity index (χ3v) is 7.17. The molecule has 0 spiro atoms. The Morgan fingerprint density at radius 3 is 2.29 bits per heavy atom. The van der Waals surface area contributed by atoms with E-state index in [1.54, 1.807) is 21.1 Å². The minimum atomic E-state index is -3.41. The lowest BCUT2D eigenvalue weighted by Crippen LogP contribution is -2.48. The Hall–Kier alpha value is -1.13. The van der Waals surface area contributed by atoms with Gasteiger partial charge in [-0.2, -0.15) is 9.40 Å². The first-order valence-electron chi connectivity index (χ1n) is 7.70. The molecule has 0 aliphatic carbocycles. The van der Waals surface area contributed by atoms with E-state index in [1.807, 2.05) is 26.0 Å². The second kappa shape index (κ2) is 7.01. The molecule has 6 nitrogen and oxygen atoms in total. The Kier molecular flexibility index (Phi) is 5.16. The van der Waals surface area contributed by atoms with Crippen LogP contribution in [-0.4, -0.2) is 53.6 Å². The summed E-state index contributed by atoms with van der Waals surface area (Å²) in [5, 5.41) is 5.33. The van der Waals surface area contributed by atoms with Crippen LogP contribution in [0.5, 0.6) is 0 Å². The van der Waals surface area contributed by atoms with Gasteiger partial charge in [-0.05, 0) is 38.2 Å². The van der Waals surface area contributed by atoms with Crippen LogP contribution in [0.15, 0.2) is 29.2 Å². The summed E-state index contributed by atoms with van der Waals surface area (Å²) in [6.45, 7) is 6.79. The number of sulfonamides is 1. The summed E-state index contributed by atoms with van der Waals surface area (Å²) in [7, 11) is -3.41. The number of piperazine rings is 1. The van der Waals surface area contributed by atoms with Crippen molar-refractivity contribution in [1.82, 2.24) is 19.0 Å². The van der Waals surface area contributed by atoms with Crippen molar-refractivity contribution >= 4 is 33.6 Å². The fourth-order valence-corrected chi connectivity index (χ4v) is 5.14. The molecule has 1 aromatic heterocycles. The first-order valence-corrected chi connectivity index (χ1v) is 10.4. The van der Waals surface area contributed by atoms with Crippen LogP contribution < -0.4 is 0 Å². The molecule has 0 bridgehead atoms. The number of aryl methyl sites for hydroxylation is 2. The van der Waals surface area contributed by atoms with Crippen molar-refractivity contribution in [3.05, 3.63) is 38.8 Å². The SMILES string of the molecule is Cc1ccc(S(=O)(=O)N2CCN(Cn3nc(C)sc3=S)CC2)cc1. The second-order valence-electron chi connectivity index (χ2n) is 5.86. The molecular formula is C15H20N4O2S3. The fourth-order valence-electron chi connectivity index (χ4n) is 2.66. The number of hydrogen-bond donors (Lipinski definition) is 0. The number of rotatable bonds is 4. The predicted molar refractivity (Wildman–Crippen MR) is 97.2 cm³/mol. The van der Waals surface area contributed by atoms with Crippen LogP contribution in [-0.2, 0) is 16.7 Å². The van der Waals surface area contributed by atoms with Gasteiger partial charge in [0.2, 0.25) is 10.0 Å². The number of benzene rings is 1. The highest BCUT2D eigenvalue weighted by molar-refractivity contribution is 7.89. The van der Waals surface area contributed by atoms with Gasteiger partial charge in [-0.25, -0.2) is 13.1 Å². The average molecular weight is 385 g/mol. The maximum absolute atomic E-state index is 12.7. The van der Waals surface area contributed by atoms with Gasteiger partial charge in [0.05, 0.1) is 11.6 Å². The second-order valence-corrected chi connectivity index (χ2v) is 9.63. The largest absolute Gasteiger partial charge is 0.282 e. The van der Waals surface area contributed by atoms with Crippen molar-refractivity contribution in [2.75, 3.05) is 26.2 Å². The third kappa shape index (κ3) is 3.75. The van der Waals surface area contributed by atoms with Crippen LogP contribution in [0.2, 0.25) is 0 Å². The third-order valence-electron chi connectivity index (χ3n) is 4.03. The molecular weight excluding hydrogens is 364 g/mol.